The van der Waals surface area contributed by atoms with Gasteiger partial charge < -0.3 is 19.5 Å². The van der Waals surface area contributed by atoms with Crippen molar-refractivity contribution in [2.24, 2.45) is 0 Å². The number of ether oxygens (including phenoxy) is 3. The number of hydrogen-bond acceptors (Lipinski definition) is 9. The van der Waals surface area contributed by atoms with E-state index in [0.717, 1.165) is 36.4 Å². The number of dihydropyridines is 1. The first kappa shape index (κ1) is 29.3. The van der Waals surface area contributed by atoms with E-state index in [-0.39, 0.29) is 23.4 Å². The van der Waals surface area contributed by atoms with Crippen LogP contribution in [0.15, 0.2) is 58.9 Å². The van der Waals surface area contributed by atoms with Gasteiger partial charge >= 0.3 is 11.9 Å². The van der Waals surface area contributed by atoms with Crippen LogP contribution >= 0.6 is 0 Å². The molecule has 0 saturated carbocycles. The average Bonchev–Trinajstić information content (AvgIpc) is 2.88. The van der Waals surface area contributed by atoms with E-state index < -0.39 is 22.8 Å². The third-order valence-electron chi connectivity index (χ3n) is 6.40. The Morgan fingerprint density at radius 3 is 2.15 bits per heavy atom. The van der Waals surface area contributed by atoms with Gasteiger partial charge in [0.05, 0.1) is 42.3 Å². The number of hydrogen-bond donors (Lipinski definition) is 1. The molecule has 1 aliphatic rings. The van der Waals surface area contributed by atoms with E-state index in [9.17, 15) is 19.7 Å². The van der Waals surface area contributed by atoms with Gasteiger partial charge in [-0.2, -0.15) is 0 Å². The molecule has 10 heteroatoms. The Hall–Kier alpha value is -4.21. The van der Waals surface area contributed by atoms with E-state index in [2.05, 4.69) is 10.3 Å². The molecular weight excluding hydrogens is 502 g/mol. The van der Waals surface area contributed by atoms with Crippen molar-refractivity contribution in [1.29, 1.82) is 0 Å². The quantitative estimate of drug-likeness (QED) is 0.168. The summed E-state index contributed by atoms with van der Waals surface area (Å²) in [4.78, 5) is 41.2. The highest BCUT2D eigenvalue weighted by atomic mass is 16.6. The first-order chi connectivity index (χ1) is 18.6. The zero-order valence-corrected chi connectivity index (χ0v) is 23.0. The third kappa shape index (κ3) is 7.66. The molecule has 1 aromatic carbocycles. The molecule has 0 saturated heterocycles. The number of nitrogens with one attached hydrogen (secondary N) is 1. The second-order valence-corrected chi connectivity index (χ2v) is 9.46. The van der Waals surface area contributed by atoms with E-state index in [1.807, 2.05) is 26.0 Å². The summed E-state index contributed by atoms with van der Waals surface area (Å²) in [5.74, 6) is -1.28. The van der Waals surface area contributed by atoms with Crippen molar-refractivity contribution in [1.82, 2.24) is 10.3 Å². The van der Waals surface area contributed by atoms with Crippen molar-refractivity contribution in [3.63, 3.8) is 0 Å². The van der Waals surface area contributed by atoms with Crippen LogP contribution < -0.4 is 10.1 Å². The summed E-state index contributed by atoms with van der Waals surface area (Å²) < 4.78 is 16.4. The van der Waals surface area contributed by atoms with E-state index >= 15 is 0 Å². The fourth-order valence-corrected chi connectivity index (χ4v) is 4.67. The summed E-state index contributed by atoms with van der Waals surface area (Å²) in [6.07, 6.45) is 3.29. The van der Waals surface area contributed by atoms with Crippen molar-refractivity contribution >= 4 is 17.6 Å². The van der Waals surface area contributed by atoms with Crippen LogP contribution in [-0.2, 0) is 19.1 Å². The lowest BCUT2D eigenvalue weighted by Crippen LogP contribution is -2.32. The molecule has 1 atom stereocenters. The number of nitrogens with zero attached hydrogens (tertiary/aromatic N) is 2. The minimum Gasteiger partial charge on any atom is -0.493 e. The first-order valence-corrected chi connectivity index (χ1v) is 12.9. The molecule has 1 aromatic heterocycles. The smallest absolute Gasteiger partial charge is 0.336 e. The molecule has 1 unspecified atom stereocenters. The Morgan fingerprint density at radius 1 is 0.923 bits per heavy atom. The number of unbranched alkanes of at least 4 members (excludes halogenated alkanes) is 3. The SMILES string of the molecule is COC(=O)C1=C(C)NC(C)=C(C(=O)OCCCCCCOc2cc(C)nc(C)c2)C1c1cccc([N+](=O)[O-])c1. The number of esters is 2. The predicted molar refractivity (Wildman–Crippen MR) is 145 cm³/mol. The molecular formula is C29H35N3O7. The third-order valence-corrected chi connectivity index (χ3v) is 6.40. The fraction of sp³-hybridized carbons (Fsp3) is 0.414. The van der Waals surface area contributed by atoms with Crippen molar-refractivity contribution in [2.45, 2.75) is 59.3 Å². The molecule has 2 heterocycles. The molecule has 0 bridgehead atoms. The number of benzene rings is 1. The van der Waals surface area contributed by atoms with E-state index in [1.54, 1.807) is 19.9 Å². The maximum Gasteiger partial charge on any atom is 0.336 e. The highest BCUT2D eigenvalue weighted by Gasteiger charge is 2.38. The molecule has 1 aliphatic heterocycles. The average molecular weight is 538 g/mol. The molecule has 10 nitrogen and oxygen atoms in total. The number of non-ortho nitro benzene ring substituents is 1. The summed E-state index contributed by atoms with van der Waals surface area (Å²) >= 11 is 0. The Morgan fingerprint density at radius 2 is 1.54 bits per heavy atom. The van der Waals surface area contributed by atoms with Gasteiger partial charge in [0, 0.05) is 47.0 Å². The number of rotatable bonds is 12. The molecule has 2 aromatic rings. The zero-order chi connectivity index (χ0) is 28.5. The summed E-state index contributed by atoms with van der Waals surface area (Å²) in [7, 11) is 1.25. The van der Waals surface area contributed by atoms with Gasteiger partial charge in [-0.15, -0.1) is 0 Å². The van der Waals surface area contributed by atoms with Gasteiger partial charge in [0.15, 0.2) is 0 Å². The molecule has 0 radical (unpaired) electrons. The second kappa shape index (κ2) is 13.5. The van der Waals surface area contributed by atoms with E-state index in [4.69, 9.17) is 14.2 Å². The maximum atomic E-state index is 13.3. The number of aromatic nitrogens is 1. The second-order valence-electron chi connectivity index (χ2n) is 9.46. The molecule has 3 rings (SSSR count). The Labute approximate surface area is 228 Å². The van der Waals surface area contributed by atoms with Gasteiger partial charge in [-0.1, -0.05) is 12.1 Å². The van der Waals surface area contributed by atoms with Gasteiger partial charge in [-0.3, -0.25) is 15.1 Å². The number of methoxy groups -OCH3 is 1. The maximum absolute atomic E-state index is 13.3. The van der Waals surface area contributed by atoms with Gasteiger partial charge in [0.1, 0.15) is 5.75 Å². The Balaban J connectivity index is 1.61. The number of pyridine rings is 1. The number of nitro groups is 1. The van der Waals surface area contributed by atoms with Crippen LogP contribution in [0.3, 0.4) is 0 Å². The van der Waals surface area contributed by atoms with E-state index in [0.29, 0.717) is 30.0 Å². The lowest BCUT2D eigenvalue weighted by Gasteiger charge is -2.30. The number of nitro benzene ring substituents is 1. The van der Waals surface area contributed by atoms with Crippen LogP contribution in [0.2, 0.25) is 0 Å². The van der Waals surface area contributed by atoms with Crippen LogP contribution in [0, 0.1) is 24.0 Å². The van der Waals surface area contributed by atoms with Crippen LogP contribution in [0.1, 0.15) is 62.4 Å². The summed E-state index contributed by atoms with van der Waals surface area (Å²) in [6, 6.07) is 9.72. The minimum atomic E-state index is -0.872. The first-order valence-electron chi connectivity index (χ1n) is 12.9. The molecule has 208 valence electrons. The molecule has 0 spiro atoms. The normalized spacial score (nSPS) is 15.1. The summed E-state index contributed by atoms with van der Waals surface area (Å²) in [6.45, 7) is 8.07. The number of carbonyl (C=O) groups excluding carboxylic acids is 2. The lowest BCUT2D eigenvalue weighted by molar-refractivity contribution is -0.384. The van der Waals surface area contributed by atoms with Crippen molar-refractivity contribution in [3.05, 3.63) is 86.0 Å². The van der Waals surface area contributed by atoms with Gasteiger partial charge in [-0.05, 0) is 58.9 Å². The highest BCUT2D eigenvalue weighted by Crippen LogP contribution is 2.40. The topological polar surface area (TPSA) is 130 Å². The van der Waals surface area contributed by atoms with Crippen LogP contribution in [0.5, 0.6) is 5.75 Å². The Bertz CT molecular complexity index is 1280. The summed E-state index contributed by atoms with van der Waals surface area (Å²) in [5.41, 5.74) is 3.57. The monoisotopic (exact) mass is 537 g/mol. The van der Waals surface area contributed by atoms with Crippen molar-refractivity contribution in [2.75, 3.05) is 20.3 Å². The largest absolute Gasteiger partial charge is 0.493 e. The van der Waals surface area contributed by atoms with E-state index in [1.165, 1.54) is 25.3 Å². The predicted octanol–water partition coefficient (Wildman–Crippen LogP) is 5.20. The number of aryl methyl sites for hydroxylation is 2. The molecule has 0 fully saturated rings. The molecule has 1 N–H and O–H groups in total. The van der Waals surface area contributed by atoms with Gasteiger partial charge in [0.25, 0.3) is 5.69 Å². The highest BCUT2D eigenvalue weighted by molar-refractivity contribution is 5.99. The fourth-order valence-electron chi connectivity index (χ4n) is 4.67. The standard InChI is InChI=1S/C29H35N3O7/c1-18-15-24(16-19(2)30-18)38-13-8-6-7-9-14-39-29(34)26-21(4)31-20(3)25(28(33)37-5)27(26)22-11-10-12-23(17-22)32(35)36/h10-12,15-17,27,31H,6-9,13-14H2,1-5H3. The lowest BCUT2D eigenvalue weighted by atomic mass is 9.80. The molecule has 0 amide bonds. The molecule has 39 heavy (non-hydrogen) atoms. The number of carbonyl (C=O) groups is 2. The van der Waals surface area contributed by atoms with Crippen LogP contribution in [-0.4, -0.2) is 42.2 Å². The number of allylic oxidation sites excluding steroid dienone is 2. The van der Waals surface area contributed by atoms with Crippen molar-refractivity contribution < 1.29 is 28.7 Å². The summed E-state index contributed by atoms with van der Waals surface area (Å²) in [5, 5.41) is 14.5. The molecule has 0 aliphatic carbocycles. The van der Waals surface area contributed by atoms with Crippen LogP contribution in [0.25, 0.3) is 0 Å². The van der Waals surface area contributed by atoms with Gasteiger partial charge in [0.2, 0.25) is 0 Å². The zero-order valence-electron chi connectivity index (χ0n) is 23.0. The van der Waals surface area contributed by atoms with Gasteiger partial charge in [-0.25, -0.2) is 9.59 Å². The minimum absolute atomic E-state index is 0.142. The Kier molecular flexibility index (Phi) is 10.2. The van der Waals surface area contributed by atoms with Crippen molar-refractivity contribution in [3.8, 4) is 5.75 Å². The van der Waals surface area contributed by atoms with Crippen LogP contribution in [0.4, 0.5) is 5.69 Å².